The third-order valence-corrected chi connectivity index (χ3v) is 3.54. The summed E-state index contributed by atoms with van der Waals surface area (Å²) in [7, 11) is 0. The molecule has 2 heteroatoms. The maximum absolute atomic E-state index is 11.8. The van der Waals surface area contributed by atoms with Gasteiger partial charge in [0.1, 0.15) is 6.67 Å². The van der Waals surface area contributed by atoms with Crippen molar-refractivity contribution in [2.24, 2.45) is 17.8 Å². The molecule has 3 atom stereocenters. The van der Waals surface area contributed by atoms with Crippen LogP contribution in [0.4, 0.5) is 4.39 Å². The maximum Gasteiger partial charge on any atom is 0.113 e. The van der Waals surface area contributed by atoms with Crippen LogP contribution < -0.4 is 0 Å². The Kier molecular flexibility index (Phi) is 3.57. The molecule has 0 amide bonds. The molecule has 0 aliphatic heterocycles. The van der Waals surface area contributed by atoms with E-state index in [1.165, 1.54) is 25.7 Å². The molecule has 0 aromatic rings. The molecule has 0 heterocycles. The highest BCUT2D eigenvalue weighted by Gasteiger charge is 2.48. The molecule has 1 unspecified atom stereocenters. The summed E-state index contributed by atoms with van der Waals surface area (Å²) < 4.78 is 17.1. The Hall–Kier alpha value is -0.370. The van der Waals surface area contributed by atoms with Crippen LogP contribution in [0.3, 0.4) is 0 Å². The predicted octanol–water partition coefficient (Wildman–Crippen LogP) is 2.96. The van der Waals surface area contributed by atoms with E-state index in [4.69, 9.17) is 4.74 Å². The first-order valence-corrected chi connectivity index (χ1v) is 5.72. The molecular weight excluding hydrogens is 179 g/mol. The molecule has 1 nitrogen and oxygen atoms in total. The van der Waals surface area contributed by atoms with E-state index >= 15 is 0 Å². The maximum atomic E-state index is 11.8. The van der Waals surface area contributed by atoms with E-state index in [2.05, 4.69) is 12.2 Å². The first-order chi connectivity index (χ1) is 6.93. The fourth-order valence-corrected chi connectivity index (χ4v) is 2.71. The van der Waals surface area contributed by atoms with Crippen molar-refractivity contribution in [1.29, 1.82) is 0 Å². The van der Waals surface area contributed by atoms with Crippen molar-refractivity contribution in [1.82, 2.24) is 0 Å². The Morgan fingerprint density at radius 1 is 1.14 bits per heavy atom. The monoisotopic (exact) mass is 198 g/mol. The Balaban J connectivity index is 1.71. The van der Waals surface area contributed by atoms with E-state index in [9.17, 15) is 4.39 Å². The lowest BCUT2D eigenvalue weighted by Gasteiger charge is -1.99. The van der Waals surface area contributed by atoms with Crippen molar-refractivity contribution in [3.05, 3.63) is 12.2 Å². The van der Waals surface area contributed by atoms with E-state index in [1.54, 1.807) is 0 Å². The molecule has 0 aromatic carbocycles. The number of fused-ring (bicyclic) bond motifs is 1. The van der Waals surface area contributed by atoms with Gasteiger partial charge in [-0.15, -0.1) is 0 Å². The van der Waals surface area contributed by atoms with Crippen LogP contribution in [-0.2, 0) is 4.74 Å². The van der Waals surface area contributed by atoms with Crippen LogP contribution in [-0.4, -0.2) is 19.9 Å². The van der Waals surface area contributed by atoms with Gasteiger partial charge in [0.2, 0.25) is 0 Å². The molecule has 0 N–H and O–H groups in total. The zero-order valence-corrected chi connectivity index (χ0v) is 8.62. The van der Waals surface area contributed by atoms with Gasteiger partial charge in [-0.2, -0.15) is 0 Å². The Labute approximate surface area is 85.3 Å². The molecular formula is C12H19FO. The molecule has 2 rings (SSSR count). The number of rotatable bonds is 4. The smallest absolute Gasteiger partial charge is 0.113 e. The molecule has 0 bridgehead atoms. The summed E-state index contributed by atoms with van der Waals surface area (Å²) in [6.45, 7) is 0.733. The fourth-order valence-electron chi connectivity index (χ4n) is 2.71. The first kappa shape index (κ1) is 10.2. The zero-order chi connectivity index (χ0) is 9.80. The summed E-state index contributed by atoms with van der Waals surface area (Å²) in [6.07, 6.45) is 9.67. The van der Waals surface area contributed by atoms with Gasteiger partial charge in [-0.05, 0) is 43.4 Å². The minimum atomic E-state index is -0.344. The summed E-state index contributed by atoms with van der Waals surface area (Å²) in [4.78, 5) is 0. The van der Waals surface area contributed by atoms with Gasteiger partial charge >= 0.3 is 0 Å². The summed E-state index contributed by atoms with van der Waals surface area (Å²) >= 11 is 0. The lowest BCUT2D eigenvalue weighted by atomic mass is 10.1. The summed E-state index contributed by atoms with van der Waals surface area (Å²) in [6, 6.07) is 0. The largest absolute Gasteiger partial charge is 0.378 e. The topological polar surface area (TPSA) is 9.23 Å². The lowest BCUT2D eigenvalue weighted by Crippen LogP contribution is -2.01. The van der Waals surface area contributed by atoms with Gasteiger partial charge in [0.25, 0.3) is 0 Å². The molecule has 14 heavy (non-hydrogen) atoms. The Morgan fingerprint density at radius 3 is 2.36 bits per heavy atom. The molecule has 2 aliphatic carbocycles. The standard InChI is InChI=1S/C12H19FO/c13-7-8-14-9-12-10-5-3-1-2-4-6-11(10)12/h1-2,10-12H,3-9H2/t10-,11+,12?. The molecule has 1 fully saturated rings. The number of alkyl halides is 1. The zero-order valence-electron chi connectivity index (χ0n) is 8.62. The lowest BCUT2D eigenvalue weighted by molar-refractivity contribution is 0.104. The van der Waals surface area contributed by atoms with E-state index in [-0.39, 0.29) is 13.3 Å². The Morgan fingerprint density at radius 2 is 1.79 bits per heavy atom. The van der Waals surface area contributed by atoms with Crippen LogP contribution in [0.2, 0.25) is 0 Å². The van der Waals surface area contributed by atoms with Crippen molar-refractivity contribution in [2.75, 3.05) is 19.9 Å². The highest BCUT2D eigenvalue weighted by molar-refractivity contribution is 5.01. The van der Waals surface area contributed by atoms with Crippen LogP contribution in [0.25, 0.3) is 0 Å². The van der Waals surface area contributed by atoms with E-state index in [1.807, 2.05) is 0 Å². The van der Waals surface area contributed by atoms with E-state index < -0.39 is 0 Å². The van der Waals surface area contributed by atoms with Crippen LogP contribution in [0.15, 0.2) is 12.2 Å². The van der Waals surface area contributed by atoms with Crippen molar-refractivity contribution in [3.8, 4) is 0 Å². The molecule has 80 valence electrons. The Bertz CT molecular complexity index is 186. The summed E-state index contributed by atoms with van der Waals surface area (Å²) in [5.74, 6) is 2.49. The van der Waals surface area contributed by atoms with Crippen molar-refractivity contribution in [3.63, 3.8) is 0 Å². The van der Waals surface area contributed by atoms with Crippen molar-refractivity contribution < 1.29 is 9.13 Å². The SMILES string of the molecule is FCCOCC1[C@H]2CCC=CCC[C@@H]12. The molecule has 0 spiro atoms. The van der Waals surface area contributed by atoms with Crippen LogP contribution in [0.5, 0.6) is 0 Å². The van der Waals surface area contributed by atoms with Gasteiger partial charge in [0.15, 0.2) is 0 Å². The number of hydrogen-bond donors (Lipinski definition) is 0. The van der Waals surface area contributed by atoms with Gasteiger partial charge in [-0.1, -0.05) is 12.2 Å². The van der Waals surface area contributed by atoms with E-state index in [0.717, 1.165) is 24.4 Å². The minimum absolute atomic E-state index is 0.286. The second-order valence-electron chi connectivity index (χ2n) is 4.38. The van der Waals surface area contributed by atoms with E-state index in [0.29, 0.717) is 0 Å². The van der Waals surface area contributed by atoms with Gasteiger partial charge < -0.3 is 4.74 Å². The van der Waals surface area contributed by atoms with Gasteiger partial charge in [-0.25, -0.2) is 4.39 Å². The summed E-state index contributed by atoms with van der Waals surface area (Å²) in [5.41, 5.74) is 0. The third kappa shape index (κ3) is 2.35. The highest BCUT2D eigenvalue weighted by Crippen LogP contribution is 2.52. The van der Waals surface area contributed by atoms with Crippen LogP contribution in [0, 0.1) is 17.8 Å². The van der Waals surface area contributed by atoms with Crippen molar-refractivity contribution in [2.45, 2.75) is 25.7 Å². The van der Waals surface area contributed by atoms with Gasteiger partial charge in [0.05, 0.1) is 13.2 Å². The number of halogens is 1. The fraction of sp³-hybridized carbons (Fsp3) is 0.833. The second kappa shape index (κ2) is 4.92. The second-order valence-corrected chi connectivity index (χ2v) is 4.38. The van der Waals surface area contributed by atoms with Crippen LogP contribution >= 0.6 is 0 Å². The number of hydrogen-bond acceptors (Lipinski definition) is 1. The van der Waals surface area contributed by atoms with Gasteiger partial charge in [0, 0.05) is 0 Å². The molecule has 0 radical (unpaired) electrons. The first-order valence-electron chi connectivity index (χ1n) is 5.72. The highest BCUT2D eigenvalue weighted by atomic mass is 19.1. The minimum Gasteiger partial charge on any atom is -0.378 e. The predicted molar refractivity (Wildman–Crippen MR) is 54.9 cm³/mol. The normalized spacial score (nSPS) is 35.9. The molecule has 0 aromatic heterocycles. The average molecular weight is 198 g/mol. The average Bonchev–Trinajstić information content (AvgIpc) is 2.76. The molecule has 1 saturated carbocycles. The van der Waals surface area contributed by atoms with Gasteiger partial charge in [-0.3, -0.25) is 0 Å². The van der Waals surface area contributed by atoms with Crippen LogP contribution in [0.1, 0.15) is 25.7 Å². The number of allylic oxidation sites excluding steroid dienone is 2. The molecule has 2 aliphatic rings. The quantitative estimate of drug-likeness (QED) is 0.498. The van der Waals surface area contributed by atoms with Crippen molar-refractivity contribution >= 4 is 0 Å². The molecule has 0 saturated heterocycles. The number of ether oxygens (including phenoxy) is 1. The summed E-state index contributed by atoms with van der Waals surface area (Å²) in [5, 5.41) is 0. The third-order valence-electron chi connectivity index (χ3n) is 3.54.